The molecule has 0 atom stereocenters. The van der Waals surface area contributed by atoms with E-state index in [0.717, 1.165) is 25.3 Å². The molecule has 8 heteroatoms. The maximum absolute atomic E-state index is 11.7. The van der Waals surface area contributed by atoms with Crippen LogP contribution in [0.2, 0.25) is 0 Å². The van der Waals surface area contributed by atoms with Crippen LogP contribution < -0.4 is 10.6 Å². The largest absolute Gasteiger partial charge is 0.356 e. The average molecular weight is 456 g/mol. The Morgan fingerprint density at radius 3 is 2.65 bits per heavy atom. The lowest BCUT2D eigenvalue weighted by Gasteiger charge is -2.17. The molecule has 1 heterocycles. The van der Waals surface area contributed by atoms with Crippen molar-refractivity contribution in [1.82, 2.24) is 14.9 Å². The summed E-state index contributed by atoms with van der Waals surface area (Å²) in [5, 5.41) is 6.48. The van der Waals surface area contributed by atoms with Crippen molar-refractivity contribution in [2.75, 3.05) is 39.0 Å². The highest BCUT2D eigenvalue weighted by Gasteiger charge is 2.27. The number of nitrogens with one attached hydrogen (secondary N) is 2. The molecule has 1 aliphatic heterocycles. The molecule has 1 aliphatic carbocycles. The summed E-state index contributed by atoms with van der Waals surface area (Å²) < 4.78 is 25.0. The lowest BCUT2D eigenvalue weighted by atomic mass is 9.97. The molecule has 2 N–H and O–H groups in total. The normalized spacial score (nSPS) is 21.4. The average Bonchev–Trinajstić information content (AvgIpc) is 2.85. The SMILES string of the molecule is CN=C(NCCC1=CCCCC1)NCCN1CCCS1(=O)=O.I. The third kappa shape index (κ3) is 6.96. The quantitative estimate of drug-likeness (QED) is 0.276. The molecule has 0 saturated carbocycles. The van der Waals surface area contributed by atoms with Crippen LogP contribution in [0, 0.1) is 0 Å². The van der Waals surface area contributed by atoms with Gasteiger partial charge >= 0.3 is 0 Å². The van der Waals surface area contributed by atoms with E-state index in [4.69, 9.17) is 0 Å². The fraction of sp³-hybridized carbons (Fsp3) is 0.800. The standard InChI is InChI=1S/C15H28N4O2S.HI/c1-16-15(17-9-8-14-6-3-2-4-7-14)18-10-12-19-11-5-13-22(19,20)21;/h6H,2-5,7-13H2,1H3,(H2,16,17,18);1H. The van der Waals surface area contributed by atoms with E-state index in [-0.39, 0.29) is 29.7 Å². The Kier molecular flexibility index (Phi) is 9.45. The molecule has 23 heavy (non-hydrogen) atoms. The Hall–Kier alpha value is -0.350. The van der Waals surface area contributed by atoms with Gasteiger partial charge in [0.2, 0.25) is 10.0 Å². The highest BCUT2D eigenvalue weighted by Crippen LogP contribution is 2.19. The maximum atomic E-state index is 11.7. The van der Waals surface area contributed by atoms with Gasteiger partial charge in [-0.3, -0.25) is 4.99 Å². The lowest BCUT2D eigenvalue weighted by molar-refractivity contribution is 0.445. The van der Waals surface area contributed by atoms with Gasteiger partial charge in [-0.2, -0.15) is 0 Å². The second-order valence-corrected chi connectivity index (χ2v) is 7.94. The molecule has 0 bridgehead atoms. The fourth-order valence-electron chi connectivity index (χ4n) is 2.94. The number of halogens is 1. The zero-order valence-corrected chi connectivity index (χ0v) is 17.0. The second-order valence-electron chi connectivity index (χ2n) is 5.85. The third-order valence-corrected chi connectivity index (χ3v) is 6.16. The summed E-state index contributed by atoms with van der Waals surface area (Å²) in [5.74, 6) is 1.03. The van der Waals surface area contributed by atoms with E-state index in [1.165, 1.54) is 31.3 Å². The summed E-state index contributed by atoms with van der Waals surface area (Å²) >= 11 is 0. The summed E-state index contributed by atoms with van der Waals surface area (Å²) in [5.41, 5.74) is 1.54. The van der Waals surface area contributed by atoms with Gasteiger partial charge < -0.3 is 10.6 Å². The highest BCUT2D eigenvalue weighted by molar-refractivity contribution is 14.0. The number of hydrogen-bond acceptors (Lipinski definition) is 3. The lowest BCUT2D eigenvalue weighted by Crippen LogP contribution is -2.42. The van der Waals surface area contributed by atoms with E-state index in [9.17, 15) is 8.42 Å². The van der Waals surface area contributed by atoms with Crippen molar-refractivity contribution in [2.24, 2.45) is 4.99 Å². The van der Waals surface area contributed by atoms with Crippen LogP contribution in [0.4, 0.5) is 0 Å². The predicted octanol–water partition coefficient (Wildman–Crippen LogP) is 1.70. The first-order chi connectivity index (χ1) is 10.6. The van der Waals surface area contributed by atoms with Crippen LogP contribution in [-0.4, -0.2) is 57.7 Å². The number of allylic oxidation sites excluding steroid dienone is 1. The minimum Gasteiger partial charge on any atom is -0.356 e. The van der Waals surface area contributed by atoms with Crippen LogP contribution in [0.1, 0.15) is 38.5 Å². The van der Waals surface area contributed by atoms with Crippen LogP contribution in [0.15, 0.2) is 16.6 Å². The predicted molar refractivity (Wildman–Crippen MR) is 106 cm³/mol. The van der Waals surface area contributed by atoms with Crippen LogP contribution in [-0.2, 0) is 10.0 Å². The molecule has 0 radical (unpaired) electrons. The molecule has 1 fully saturated rings. The minimum absolute atomic E-state index is 0. The van der Waals surface area contributed by atoms with E-state index in [1.54, 1.807) is 11.4 Å². The van der Waals surface area contributed by atoms with Crippen LogP contribution in [0.5, 0.6) is 0 Å². The van der Waals surface area contributed by atoms with Gasteiger partial charge in [-0.15, -0.1) is 24.0 Å². The van der Waals surface area contributed by atoms with Crippen molar-refractivity contribution in [3.05, 3.63) is 11.6 Å². The first-order valence-electron chi connectivity index (χ1n) is 8.22. The molecule has 134 valence electrons. The van der Waals surface area contributed by atoms with Gasteiger partial charge in [-0.1, -0.05) is 11.6 Å². The van der Waals surface area contributed by atoms with Gasteiger partial charge in [-0.05, 0) is 38.5 Å². The topological polar surface area (TPSA) is 73.8 Å². The Morgan fingerprint density at radius 2 is 2.04 bits per heavy atom. The van der Waals surface area contributed by atoms with Gasteiger partial charge in [0, 0.05) is 33.2 Å². The maximum Gasteiger partial charge on any atom is 0.214 e. The first-order valence-corrected chi connectivity index (χ1v) is 9.83. The molecule has 0 aromatic heterocycles. The molecule has 2 aliphatic rings. The van der Waals surface area contributed by atoms with E-state index in [1.807, 2.05) is 0 Å². The molecule has 6 nitrogen and oxygen atoms in total. The Bertz CT molecular complexity index is 520. The Morgan fingerprint density at radius 1 is 1.26 bits per heavy atom. The number of sulfonamides is 1. The number of hydrogen-bond donors (Lipinski definition) is 2. The van der Waals surface area contributed by atoms with Gasteiger partial charge in [0.25, 0.3) is 0 Å². The Balaban J connectivity index is 0.00000264. The fourth-order valence-corrected chi connectivity index (χ4v) is 4.46. The number of guanidine groups is 1. The van der Waals surface area contributed by atoms with Gasteiger partial charge in [0.05, 0.1) is 5.75 Å². The molecule has 0 unspecified atom stereocenters. The summed E-state index contributed by atoms with van der Waals surface area (Å²) in [7, 11) is -1.26. The molecule has 2 rings (SSSR count). The van der Waals surface area contributed by atoms with E-state index in [2.05, 4.69) is 21.7 Å². The highest BCUT2D eigenvalue weighted by atomic mass is 127. The van der Waals surface area contributed by atoms with Crippen molar-refractivity contribution >= 4 is 40.0 Å². The number of nitrogens with zero attached hydrogens (tertiary/aromatic N) is 2. The smallest absolute Gasteiger partial charge is 0.214 e. The Labute approximate surface area is 157 Å². The van der Waals surface area contributed by atoms with Crippen LogP contribution in [0.3, 0.4) is 0 Å². The molecular weight excluding hydrogens is 427 g/mol. The van der Waals surface area contributed by atoms with Crippen LogP contribution >= 0.6 is 24.0 Å². The molecular formula is C15H29IN4O2S. The number of aliphatic imine (C=N–C) groups is 1. The van der Waals surface area contributed by atoms with Crippen molar-refractivity contribution in [2.45, 2.75) is 38.5 Å². The first kappa shape index (κ1) is 20.7. The minimum atomic E-state index is -3.00. The summed E-state index contributed by atoms with van der Waals surface area (Å²) in [4.78, 5) is 4.18. The van der Waals surface area contributed by atoms with Crippen LogP contribution in [0.25, 0.3) is 0 Å². The molecule has 0 aromatic rings. The molecule has 1 saturated heterocycles. The van der Waals surface area contributed by atoms with Gasteiger partial charge in [-0.25, -0.2) is 12.7 Å². The van der Waals surface area contributed by atoms with Gasteiger partial charge in [0.1, 0.15) is 0 Å². The molecule has 0 spiro atoms. The molecule has 0 aromatic carbocycles. The third-order valence-electron chi connectivity index (χ3n) is 4.20. The monoisotopic (exact) mass is 456 g/mol. The zero-order valence-electron chi connectivity index (χ0n) is 13.9. The summed E-state index contributed by atoms with van der Waals surface area (Å²) in [6.45, 7) is 2.60. The zero-order chi connectivity index (χ0) is 15.8. The molecule has 0 amide bonds. The summed E-state index contributed by atoms with van der Waals surface area (Å²) in [6.07, 6.45) is 9.22. The van der Waals surface area contributed by atoms with Crippen molar-refractivity contribution in [3.63, 3.8) is 0 Å². The van der Waals surface area contributed by atoms with E-state index >= 15 is 0 Å². The van der Waals surface area contributed by atoms with Crippen molar-refractivity contribution < 1.29 is 8.42 Å². The van der Waals surface area contributed by atoms with Crippen molar-refractivity contribution in [1.29, 1.82) is 0 Å². The second kappa shape index (κ2) is 10.5. The van der Waals surface area contributed by atoms with Crippen molar-refractivity contribution in [3.8, 4) is 0 Å². The van der Waals surface area contributed by atoms with Gasteiger partial charge in [0.15, 0.2) is 5.96 Å². The van der Waals surface area contributed by atoms with E-state index < -0.39 is 10.0 Å². The van der Waals surface area contributed by atoms with E-state index in [0.29, 0.717) is 19.6 Å². The number of rotatable bonds is 6. The summed E-state index contributed by atoms with van der Waals surface area (Å²) in [6, 6.07) is 0.